The molecule has 6 heteroatoms. The van der Waals surface area contributed by atoms with E-state index < -0.39 is 5.60 Å². The number of fused-ring (bicyclic) bond motifs is 1. The van der Waals surface area contributed by atoms with Gasteiger partial charge in [-0.25, -0.2) is 4.79 Å². The third kappa shape index (κ3) is 8.05. The maximum atomic E-state index is 13.4. The molecule has 3 aromatic carbocycles. The fourth-order valence-corrected chi connectivity index (χ4v) is 4.85. The normalized spacial score (nSPS) is 15.8. The quantitative estimate of drug-likeness (QED) is 0.399. The molecule has 0 bridgehead atoms. The van der Waals surface area contributed by atoms with Gasteiger partial charge in [0.15, 0.2) is 0 Å². The van der Waals surface area contributed by atoms with Crippen LogP contribution in [-0.4, -0.2) is 48.2 Å². The van der Waals surface area contributed by atoms with Crippen molar-refractivity contribution in [2.45, 2.75) is 58.3 Å². The third-order valence-corrected chi connectivity index (χ3v) is 6.69. The number of carbonyl (C=O) groups is 2. The van der Waals surface area contributed by atoms with Crippen LogP contribution in [0.3, 0.4) is 0 Å². The number of hydrogen-bond acceptors (Lipinski definition) is 5. The van der Waals surface area contributed by atoms with Gasteiger partial charge in [0.25, 0.3) is 0 Å². The fraction of sp³-hybridized carbons (Fsp3) is 0.419. The van der Waals surface area contributed by atoms with Gasteiger partial charge in [-0.05, 0) is 61.9 Å². The van der Waals surface area contributed by atoms with E-state index in [-0.39, 0.29) is 30.6 Å². The molecular weight excluding hydrogens is 464 g/mol. The molecule has 0 saturated carbocycles. The number of hydrogen-bond donors (Lipinski definition) is 1. The predicted octanol–water partition coefficient (Wildman–Crippen LogP) is 5.73. The number of amides is 1. The highest BCUT2D eigenvalue weighted by atomic mass is 16.6. The number of rotatable bonds is 8. The van der Waals surface area contributed by atoms with Crippen molar-refractivity contribution < 1.29 is 19.1 Å². The monoisotopic (exact) mass is 502 g/mol. The summed E-state index contributed by atoms with van der Waals surface area (Å²) in [5, 5.41) is 5.34. The molecule has 1 aliphatic rings. The first kappa shape index (κ1) is 26.7. The van der Waals surface area contributed by atoms with Crippen molar-refractivity contribution in [2.24, 2.45) is 5.92 Å². The zero-order valence-corrected chi connectivity index (χ0v) is 22.1. The molecule has 1 aliphatic heterocycles. The molecule has 196 valence electrons. The van der Waals surface area contributed by atoms with Crippen LogP contribution in [0.4, 0.5) is 4.79 Å². The number of carbonyl (C=O) groups excluding carboxylic acids is 2. The summed E-state index contributed by atoms with van der Waals surface area (Å²) < 4.78 is 11.2. The molecule has 1 fully saturated rings. The van der Waals surface area contributed by atoms with Crippen LogP contribution >= 0.6 is 0 Å². The van der Waals surface area contributed by atoms with Gasteiger partial charge in [-0.1, -0.05) is 72.8 Å². The Hall–Kier alpha value is -3.38. The molecule has 6 nitrogen and oxygen atoms in total. The van der Waals surface area contributed by atoms with Gasteiger partial charge >= 0.3 is 12.1 Å². The van der Waals surface area contributed by atoms with E-state index in [1.165, 1.54) is 10.8 Å². The molecule has 1 N–H and O–H groups in total. The molecule has 0 spiro atoms. The Morgan fingerprint density at radius 1 is 0.946 bits per heavy atom. The van der Waals surface area contributed by atoms with E-state index in [0.717, 1.165) is 37.1 Å². The van der Waals surface area contributed by atoms with E-state index in [9.17, 15) is 9.59 Å². The second-order valence-corrected chi connectivity index (χ2v) is 10.9. The predicted molar refractivity (Wildman–Crippen MR) is 146 cm³/mol. The molecular formula is C31H38N2O4. The Balaban J connectivity index is 1.41. The van der Waals surface area contributed by atoms with E-state index in [1.54, 1.807) is 0 Å². The topological polar surface area (TPSA) is 67.9 Å². The molecule has 0 radical (unpaired) electrons. The Bertz CT molecular complexity index is 1180. The summed E-state index contributed by atoms with van der Waals surface area (Å²) in [7, 11) is 0. The molecule has 37 heavy (non-hydrogen) atoms. The lowest BCUT2D eigenvalue weighted by molar-refractivity contribution is -0.150. The third-order valence-electron chi connectivity index (χ3n) is 6.69. The van der Waals surface area contributed by atoms with Crippen molar-refractivity contribution in [1.82, 2.24) is 10.2 Å². The maximum absolute atomic E-state index is 13.4. The summed E-state index contributed by atoms with van der Waals surface area (Å²) in [6.45, 7) is 8.09. The van der Waals surface area contributed by atoms with Crippen molar-refractivity contribution >= 4 is 22.8 Å². The van der Waals surface area contributed by atoms with Crippen LogP contribution in [0.2, 0.25) is 0 Å². The average molecular weight is 503 g/mol. The van der Waals surface area contributed by atoms with Crippen molar-refractivity contribution in [3.05, 3.63) is 83.9 Å². The van der Waals surface area contributed by atoms with Crippen LogP contribution in [0.5, 0.6) is 0 Å². The molecule has 1 heterocycles. The number of piperidine rings is 1. The van der Waals surface area contributed by atoms with Crippen LogP contribution < -0.4 is 5.32 Å². The average Bonchev–Trinajstić information content (AvgIpc) is 2.87. The minimum Gasteiger partial charge on any atom is -0.461 e. The summed E-state index contributed by atoms with van der Waals surface area (Å²) in [5.41, 5.74) is 1.62. The number of ether oxygens (including phenoxy) is 2. The Morgan fingerprint density at radius 3 is 2.35 bits per heavy atom. The second kappa shape index (κ2) is 12.2. The lowest BCUT2D eigenvalue weighted by Gasteiger charge is -2.34. The van der Waals surface area contributed by atoms with Gasteiger partial charge in [-0.15, -0.1) is 0 Å². The summed E-state index contributed by atoms with van der Waals surface area (Å²) >= 11 is 0. The molecule has 0 aliphatic carbocycles. The summed E-state index contributed by atoms with van der Waals surface area (Å²) in [6.07, 6.45) is 1.88. The van der Waals surface area contributed by atoms with Crippen molar-refractivity contribution in [1.29, 1.82) is 0 Å². The zero-order chi connectivity index (χ0) is 26.3. The summed E-state index contributed by atoms with van der Waals surface area (Å²) in [4.78, 5) is 27.8. The van der Waals surface area contributed by atoms with Crippen molar-refractivity contribution in [3.8, 4) is 0 Å². The van der Waals surface area contributed by atoms with Crippen molar-refractivity contribution in [3.63, 3.8) is 0 Å². The fourth-order valence-electron chi connectivity index (χ4n) is 4.85. The molecule has 1 atom stereocenters. The lowest BCUT2D eigenvalue weighted by atomic mass is 9.93. The molecule has 3 aromatic rings. The first-order chi connectivity index (χ1) is 17.8. The summed E-state index contributed by atoms with van der Waals surface area (Å²) in [6, 6.07) is 24.4. The van der Waals surface area contributed by atoms with E-state index in [0.29, 0.717) is 13.0 Å². The van der Waals surface area contributed by atoms with Gasteiger partial charge in [0, 0.05) is 25.7 Å². The van der Waals surface area contributed by atoms with Gasteiger partial charge in [-0.2, -0.15) is 0 Å². The first-order valence-corrected chi connectivity index (χ1v) is 13.2. The highest BCUT2D eigenvalue weighted by Crippen LogP contribution is 2.24. The number of alkyl carbamates (subject to hydrolysis) is 1. The van der Waals surface area contributed by atoms with Crippen LogP contribution in [0.15, 0.2) is 72.8 Å². The van der Waals surface area contributed by atoms with Gasteiger partial charge in [0.2, 0.25) is 0 Å². The highest BCUT2D eigenvalue weighted by molar-refractivity contribution is 5.86. The minimum absolute atomic E-state index is 0.0765. The number of benzene rings is 3. The van der Waals surface area contributed by atoms with E-state index in [2.05, 4.69) is 40.5 Å². The van der Waals surface area contributed by atoms with E-state index in [4.69, 9.17) is 9.47 Å². The standard InChI is InChI=1S/C31H38N2O4/c1-31(2,3)37-30(35)32-27-16-18-33(19-17-27)21-26(29(34)36-22-23-10-5-4-6-11-23)20-25-14-9-13-24-12-7-8-15-28(24)25/h4-15,26-27H,16-22H2,1-3H3,(H,32,35). The SMILES string of the molecule is CC(C)(C)OC(=O)NC1CCN(CC(Cc2cccc3ccccc23)C(=O)OCc2ccccc2)CC1. The van der Waals surface area contributed by atoms with Crippen LogP contribution in [-0.2, 0) is 27.3 Å². The molecule has 1 saturated heterocycles. The first-order valence-electron chi connectivity index (χ1n) is 13.2. The van der Waals surface area contributed by atoms with Gasteiger partial charge in [0.05, 0.1) is 5.92 Å². The largest absolute Gasteiger partial charge is 0.461 e. The van der Waals surface area contributed by atoms with Crippen LogP contribution in [0, 0.1) is 5.92 Å². The summed E-state index contributed by atoms with van der Waals surface area (Å²) in [5.74, 6) is -0.462. The molecule has 1 amide bonds. The highest BCUT2D eigenvalue weighted by Gasteiger charge is 2.28. The molecule has 1 unspecified atom stereocenters. The Kier molecular flexibility index (Phi) is 8.82. The van der Waals surface area contributed by atoms with Crippen molar-refractivity contribution in [2.75, 3.05) is 19.6 Å². The minimum atomic E-state index is -0.514. The Morgan fingerprint density at radius 2 is 1.62 bits per heavy atom. The van der Waals surface area contributed by atoms with Gasteiger partial charge in [-0.3, -0.25) is 4.79 Å². The number of nitrogens with one attached hydrogen (secondary N) is 1. The van der Waals surface area contributed by atoms with Gasteiger partial charge in [0.1, 0.15) is 12.2 Å². The number of likely N-dealkylation sites (tertiary alicyclic amines) is 1. The maximum Gasteiger partial charge on any atom is 0.407 e. The van der Waals surface area contributed by atoms with Gasteiger partial charge < -0.3 is 19.7 Å². The van der Waals surface area contributed by atoms with E-state index in [1.807, 2.05) is 63.2 Å². The zero-order valence-electron chi connectivity index (χ0n) is 22.1. The Labute approximate surface area is 219 Å². The van der Waals surface area contributed by atoms with E-state index >= 15 is 0 Å². The smallest absolute Gasteiger partial charge is 0.407 e. The lowest BCUT2D eigenvalue weighted by Crippen LogP contribution is -2.47. The van der Waals surface area contributed by atoms with Crippen LogP contribution in [0.1, 0.15) is 44.7 Å². The number of nitrogens with zero attached hydrogens (tertiary/aromatic N) is 1. The number of esters is 1. The van der Waals surface area contributed by atoms with Crippen LogP contribution in [0.25, 0.3) is 10.8 Å². The second-order valence-electron chi connectivity index (χ2n) is 10.9. The molecule has 0 aromatic heterocycles. The molecule has 4 rings (SSSR count).